The molecule has 21 heavy (non-hydrogen) atoms. The number of aliphatic hydroxyl groups excluding tert-OH is 1. The first-order chi connectivity index (χ1) is 10.2. The molecule has 0 spiro atoms. The van der Waals surface area contributed by atoms with Crippen LogP contribution in [0.4, 0.5) is 5.82 Å². The van der Waals surface area contributed by atoms with Crippen LogP contribution in [0.15, 0.2) is 24.7 Å². The van der Waals surface area contributed by atoms with Crippen molar-refractivity contribution in [3.8, 4) is 10.6 Å². The van der Waals surface area contributed by atoms with Crippen LogP contribution in [0.3, 0.4) is 0 Å². The van der Waals surface area contributed by atoms with E-state index in [1.165, 1.54) is 17.9 Å². The van der Waals surface area contributed by atoms with E-state index in [4.69, 9.17) is 0 Å². The summed E-state index contributed by atoms with van der Waals surface area (Å²) < 4.78 is 4.11. The zero-order valence-corrected chi connectivity index (χ0v) is 12.7. The Morgan fingerprint density at radius 3 is 2.90 bits per heavy atom. The van der Waals surface area contributed by atoms with Crippen molar-refractivity contribution in [1.29, 1.82) is 0 Å². The van der Waals surface area contributed by atoms with Gasteiger partial charge in [0.05, 0.1) is 28.6 Å². The van der Waals surface area contributed by atoms with Gasteiger partial charge >= 0.3 is 0 Å². The van der Waals surface area contributed by atoms with Crippen molar-refractivity contribution in [2.45, 2.75) is 19.9 Å². The van der Waals surface area contributed by atoms with Crippen LogP contribution in [0.25, 0.3) is 21.6 Å². The number of H-pyrrole nitrogens is 1. The summed E-state index contributed by atoms with van der Waals surface area (Å²) in [5.41, 5.74) is 1.75. The molecule has 3 aromatic heterocycles. The Balaban J connectivity index is 2.00. The third kappa shape index (κ3) is 2.74. The number of aromatic amines is 1. The van der Waals surface area contributed by atoms with Gasteiger partial charge in [-0.1, -0.05) is 13.8 Å². The Kier molecular flexibility index (Phi) is 3.85. The summed E-state index contributed by atoms with van der Waals surface area (Å²) in [5.74, 6) is 1.04. The summed E-state index contributed by atoms with van der Waals surface area (Å²) >= 11 is 1.43. The van der Waals surface area contributed by atoms with E-state index in [0.717, 1.165) is 27.4 Å². The van der Waals surface area contributed by atoms with Crippen molar-refractivity contribution in [2.24, 2.45) is 5.92 Å². The molecule has 6 nitrogen and oxygen atoms in total. The van der Waals surface area contributed by atoms with Gasteiger partial charge in [0.1, 0.15) is 17.8 Å². The summed E-state index contributed by atoms with van der Waals surface area (Å²) in [6.45, 7) is 4.19. The van der Waals surface area contributed by atoms with Crippen molar-refractivity contribution in [3.63, 3.8) is 0 Å². The van der Waals surface area contributed by atoms with Gasteiger partial charge in [-0.25, -0.2) is 14.3 Å². The van der Waals surface area contributed by atoms with Gasteiger partial charge in [-0.3, -0.25) is 0 Å². The summed E-state index contributed by atoms with van der Waals surface area (Å²) in [6, 6.07) is 3.94. The summed E-state index contributed by atoms with van der Waals surface area (Å²) in [7, 11) is 0. The average molecular weight is 303 g/mol. The van der Waals surface area contributed by atoms with Gasteiger partial charge in [-0.05, 0) is 29.6 Å². The molecule has 3 rings (SSSR count). The molecule has 110 valence electrons. The van der Waals surface area contributed by atoms with E-state index in [1.54, 1.807) is 6.20 Å². The normalized spacial score (nSPS) is 13.0. The highest BCUT2D eigenvalue weighted by Crippen LogP contribution is 2.29. The van der Waals surface area contributed by atoms with E-state index < -0.39 is 0 Å². The number of hydrogen-bond acceptors (Lipinski definition) is 6. The van der Waals surface area contributed by atoms with Crippen molar-refractivity contribution >= 4 is 28.4 Å². The molecule has 7 heteroatoms. The monoisotopic (exact) mass is 303 g/mol. The lowest BCUT2D eigenvalue weighted by molar-refractivity contribution is 0.249. The third-order valence-electron chi connectivity index (χ3n) is 3.45. The Morgan fingerprint density at radius 2 is 2.24 bits per heavy atom. The second-order valence-electron chi connectivity index (χ2n) is 5.22. The van der Waals surface area contributed by atoms with Gasteiger partial charge in [-0.2, -0.15) is 0 Å². The van der Waals surface area contributed by atoms with Gasteiger partial charge in [-0.15, -0.1) is 0 Å². The Morgan fingerprint density at radius 1 is 1.38 bits per heavy atom. The SMILES string of the molecule is CC(C)[C@H](CO)Nc1ncnc2[nH]c(-c3ccns3)cc12. The molecule has 1 atom stereocenters. The van der Waals surface area contributed by atoms with Gasteiger partial charge in [0, 0.05) is 6.20 Å². The highest BCUT2D eigenvalue weighted by Gasteiger charge is 2.16. The van der Waals surface area contributed by atoms with Crippen molar-refractivity contribution < 1.29 is 5.11 Å². The van der Waals surface area contributed by atoms with Crippen LogP contribution in [-0.4, -0.2) is 37.1 Å². The molecular weight excluding hydrogens is 286 g/mol. The molecule has 0 unspecified atom stereocenters. The van der Waals surface area contributed by atoms with Crippen LogP contribution in [0, 0.1) is 5.92 Å². The van der Waals surface area contributed by atoms with Crippen LogP contribution in [0.5, 0.6) is 0 Å². The van der Waals surface area contributed by atoms with Crippen LogP contribution >= 0.6 is 11.5 Å². The fourth-order valence-electron chi connectivity index (χ4n) is 2.14. The van der Waals surface area contributed by atoms with Crippen LogP contribution in [-0.2, 0) is 0 Å². The molecule has 0 aliphatic carbocycles. The number of aromatic nitrogens is 4. The standard InChI is InChI=1S/C14H17N5OS/c1-8(2)11(6-20)19-14-9-5-10(12-3-4-17-21-12)18-13(9)15-7-16-14/h3-5,7-8,11,20H,6H2,1-2H3,(H2,15,16,18,19)/t11-/m0/s1. The number of nitrogens with one attached hydrogen (secondary N) is 2. The first-order valence-corrected chi connectivity index (χ1v) is 7.58. The molecule has 0 bridgehead atoms. The lowest BCUT2D eigenvalue weighted by Crippen LogP contribution is -2.29. The highest BCUT2D eigenvalue weighted by atomic mass is 32.1. The molecular formula is C14H17N5OS. The van der Waals surface area contributed by atoms with Crippen molar-refractivity contribution in [3.05, 3.63) is 24.7 Å². The first kappa shape index (κ1) is 14.0. The van der Waals surface area contributed by atoms with E-state index >= 15 is 0 Å². The predicted octanol–water partition coefficient (Wildman–Crippen LogP) is 2.51. The lowest BCUT2D eigenvalue weighted by Gasteiger charge is -2.20. The first-order valence-electron chi connectivity index (χ1n) is 6.81. The molecule has 0 saturated carbocycles. The topological polar surface area (TPSA) is 86.7 Å². The second-order valence-corrected chi connectivity index (χ2v) is 6.05. The van der Waals surface area contributed by atoms with Crippen molar-refractivity contribution in [1.82, 2.24) is 19.3 Å². The molecule has 0 radical (unpaired) electrons. The van der Waals surface area contributed by atoms with Gasteiger partial charge in [0.2, 0.25) is 0 Å². The molecule has 0 amide bonds. The Bertz CT molecular complexity index is 722. The molecule has 0 aliphatic heterocycles. The fourth-order valence-corrected chi connectivity index (χ4v) is 2.71. The zero-order valence-electron chi connectivity index (χ0n) is 11.9. The van der Waals surface area contributed by atoms with Crippen LogP contribution in [0.2, 0.25) is 0 Å². The molecule has 3 heterocycles. The van der Waals surface area contributed by atoms with Gasteiger partial charge in [0.15, 0.2) is 0 Å². The average Bonchev–Trinajstić information content (AvgIpc) is 3.12. The maximum absolute atomic E-state index is 9.46. The number of hydrogen-bond donors (Lipinski definition) is 3. The van der Waals surface area contributed by atoms with Crippen LogP contribution in [0.1, 0.15) is 13.8 Å². The Hall–Kier alpha value is -1.99. The molecule has 0 saturated heterocycles. The second kappa shape index (κ2) is 5.79. The van der Waals surface area contributed by atoms with E-state index in [-0.39, 0.29) is 12.6 Å². The summed E-state index contributed by atoms with van der Waals surface area (Å²) in [6.07, 6.45) is 3.29. The molecule has 3 N–H and O–H groups in total. The minimum Gasteiger partial charge on any atom is -0.394 e. The molecule has 0 aliphatic rings. The van der Waals surface area contributed by atoms with E-state index in [2.05, 4.69) is 38.5 Å². The third-order valence-corrected chi connectivity index (χ3v) is 4.23. The Labute approximate surface area is 126 Å². The van der Waals surface area contributed by atoms with Crippen LogP contribution < -0.4 is 5.32 Å². The maximum atomic E-state index is 9.46. The minimum atomic E-state index is -0.0372. The quantitative estimate of drug-likeness (QED) is 0.674. The number of fused-ring (bicyclic) bond motifs is 1. The maximum Gasteiger partial charge on any atom is 0.143 e. The van der Waals surface area contributed by atoms with Gasteiger partial charge in [0.25, 0.3) is 0 Å². The molecule has 3 aromatic rings. The lowest BCUT2D eigenvalue weighted by atomic mass is 10.1. The summed E-state index contributed by atoms with van der Waals surface area (Å²) in [5, 5.41) is 13.7. The van der Waals surface area contributed by atoms with E-state index in [0.29, 0.717) is 5.92 Å². The molecule has 0 aromatic carbocycles. The van der Waals surface area contributed by atoms with E-state index in [1.807, 2.05) is 12.1 Å². The largest absolute Gasteiger partial charge is 0.394 e. The number of nitrogens with zero attached hydrogens (tertiary/aromatic N) is 3. The smallest absolute Gasteiger partial charge is 0.143 e. The number of aliphatic hydroxyl groups is 1. The molecule has 0 fully saturated rings. The zero-order chi connectivity index (χ0) is 14.8. The number of anilines is 1. The van der Waals surface area contributed by atoms with Gasteiger partial charge < -0.3 is 15.4 Å². The fraction of sp³-hybridized carbons (Fsp3) is 0.357. The minimum absolute atomic E-state index is 0.0372. The summed E-state index contributed by atoms with van der Waals surface area (Å²) in [4.78, 5) is 12.9. The highest BCUT2D eigenvalue weighted by molar-refractivity contribution is 7.09. The van der Waals surface area contributed by atoms with Crippen molar-refractivity contribution in [2.75, 3.05) is 11.9 Å². The predicted molar refractivity (Wildman–Crippen MR) is 84.3 cm³/mol. The van der Waals surface area contributed by atoms with E-state index in [9.17, 15) is 5.11 Å². The number of rotatable bonds is 5.